The van der Waals surface area contributed by atoms with Crippen molar-refractivity contribution >= 4 is 17.6 Å². The molecule has 0 aliphatic rings. The van der Waals surface area contributed by atoms with Gasteiger partial charge in [-0.05, 0) is 51.8 Å². The van der Waals surface area contributed by atoms with Gasteiger partial charge in [-0.3, -0.25) is 0 Å². The lowest BCUT2D eigenvalue weighted by atomic mass is 10.0. The minimum absolute atomic E-state index is 0.0305. The van der Waals surface area contributed by atoms with Gasteiger partial charge in [-0.15, -0.1) is 0 Å². The average molecular weight is 311 g/mol. The first-order chi connectivity index (χ1) is 10.2. The van der Waals surface area contributed by atoms with Crippen molar-refractivity contribution < 1.29 is 23.1 Å². The van der Waals surface area contributed by atoms with Crippen LogP contribution in [0.1, 0.15) is 39.2 Å². The van der Waals surface area contributed by atoms with E-state index in [1.165, 1.54) is 0 Å². The molecule has 1 aromatic carbocycles. The zero-order chi connectivity index (χ0) is 16.8. The van der Waals surface area contributed by atoms with E-state index in [1.807, 2.05) is 0 Å². The minimum Gasteiger partial charge on any atom is -0.444 e. The van der Waals surface area contributed by atoms with Crippen molar-refractivity contribution in [2.75, 3.05) is 6.54 Å². The molecule has 22 heavy (non-hydrogen) atoms. The van der Waals surface area contributed by atoms with Gasteiger partial charge in [0.25, 0.3) is 0 Å². The molecule has 0 aromatic heterocycles. The van der Waals surface area contributed by atoms with Gasteiger partial charge < -0.3 is 10.1 Å². The molecule has 1 rings (SSSR count). The van der Waals surface area contributed by atoms with E-state index in [4.69, 9.17) is 4.74 Å². The van der Waals surface area contributed by atoms with Crippen molar-refractivity contribution in [1.82, 2.24) is 5.32 Å². The third-order valence-corrected chi connectivity index (χ3v) is 2.65. The molecule has 0 atom stereocenters. The molecule has 0 fully saturated rings. The highest BCUT2D eigenvalue weighted by atomic mass is 19.1. The Kier molecular flexibility index (Phi) is 6.25. The molecule has 0 unspecified atom stereocenters. The Labute approximate surface area is 128 Å². The van der Waals surface area contributed by atoms with E-state index in [0.717, 1.165) is 18.2 Å². The van der Waals surface area contributed by atoms with Crippen molar-refractivity contribution in [2.45, 2.75) is 39.2 Å². The number of hydrogen-bond donors (Lipinski definition) is 1. The molecule has 0 aliphatic heterocycles. The number of ether oxygens (including phenoxy) is 1. The van der Waals surface area contributed by atoms with Crippen LogP contribution in [0.4, 0.5) is 13.6 Å². The number of rotatable bonds is 5. The van der Waals surface area contributed by atoms with Crippen molar-refractivity contribution in [3.05, 3.63) is 35.4 Å². The van der Waals surface area contributed by atoms with E-state index in [0.29, 0.717) is 6.42 Å². The van der Waals surface area contributed by atoms with Gasteiger partial charge in [0.05, 0.1) is 0 Å². The topological polar surface area (TPSA) is 55.4 Å². The third kappa shape index (κ3) is 6.06. The summed E-state index contributed by atoms with van der Waals surface area (Å²) in [4.78, 5) is 22.3. The number of benzene rings is 1. The van der Waals surface area contributed by atoms with Gasteiger partial charge in [0.1, 0.15) is 23.2 Å². The molecular formula is C16H19F2NO3. The predicted molar refractivity (Wildman–Crippen MR) is 78.9 cm³/mol. The van der Waals surface area contributed by atoms with Gasteiger partial charge in [-0.25, -0.2) is 18.4 Å². The highest BCUT2D eigenvalue weighted by Crippen LogP contribution is 2.21. The smallest absolute Gasteiger partial charge is 0.407 e. The SMILES string of the molecule is CC(C)(C)OC(=O)NCCCC(=C=O)c1cc(F)ccc1F. The number of hydrogen-bond acceptors (Lipinski definition) is 3. The molecule has 0 heterocycles. The summed E-state index contributed by atoms with van der Waals surface area (Å²) in [6.07, 6.45) is -0.0273. The molecule has 0 saturated heterocycles. The Morgan fingerprint density at radius 3 is 2.59 bits per heavy atom. The quantitative estimate of drug-likeness (QED) is 0.669. The Hall–Kier alpha value is -2.20. The summed E-state index contributed by atoms with van der Waals surface area (Å²) < 4.78 is 31.7. The number of amides is 1. The highest BCUT2D eigenvalue weighted by molar-refractivity contribution is 5.87. The molecule has 1 N–H and O–H groups in total. The molecular weight excluding hydrogens is 292 g/mol. The Morgan fingerprint density at radius 1 is 1.32 bits per heavy atom. The maximum atomic E-state index is 13.6. The fourth-order valence-corrected chi connectivity index (χ4v) is 1.74. The number of carbonyl (C=O) groups excluding carboxylic acids is 2. The highest BCUT2D eigenvalue weighted by Gasteiger charge is 2.16. The summed E-state index contributed by atoms with van der Waals surface area (Å²) in [7, 11) is 0. The van der Waals surface area contributed by atoms with E-state index < -0.39 is 23.3 Å². The lowest BCUT2D eigenvalue weighted by Crippen LogP contribution is -2.33. The Bertz CT molecular complexity index is 588. The number of halogens is 2. The lowest BCUT2D eigenvalue weighted by molar-refractivity contribution is 0.0527. The standard InChI is InChI=1S/C16H19F2NO3/c1-16(2,3)22-15(21)19-8-4-5-11(10-20)13-9-12(17)6-7-14(13)18/h6-7,9H,4-5,8H2,1-3H3,(H,19,21). The van der Waals surface area contributed by atoms with Crippen LogP contribution in [0.2, 0.25) is 0 Å². The summed E-state index contributed by atoms with van der Waals surface area (Å²) in [5, 5.41) is 2.52. The second kappa shape index (κ2) is 7.71. The van der Waals surface area contributed by atoms with Crippen LogP contribution in [0.25, 0.3) is 5.57 Å². The second-order valence-corrected chi connectivity index (χ2v) is 5.74. The molecule has 0 saturated carbocycles. The van der Waals surface area contributed by atoms with E-state index in [1.54, 1.807) is 26.7 Å². The average Bonchev–Trinajstić information content (AvgIpc) is 2.40. The summed E-state index contributed by atoms with van der Waals surface area (Å²) in [5.74, 6) is 0.319. The fraction of sp³-hybridized carbons (Fsp3) is 0.438. The van der Waals surface area contributed by atoms with Crippen LogP contribution in [0, 0.1) is 11.6 Å². The van der Waals surface area contributed by atoms with Crippen LogP contribution < -0.4 is 5.32 Å². The van der Waals surface area contributed by atoms with Crippen molar-refractivity contribution in [2.24, 2.45) is 0 Å². The normalized spacial score (nSPS) is 10.8. The van der Waals surface area contributed by atoms with E-state index in [9.17, 15) is 18.4 Å². The molecule has 6 heteroatoms. The molecule has 0 bridgehead atoms. The van der Waals surface area contributed by atoms with E-state index >= 15 is 0 Å². The predicted octanol–water partition coefficient (Wildman–Crippen LogP) is 3.48. The molecule has 4 nitrogen and oxygen atoms in total. The van der Waals surface area contributed by atoms with Gasteiger partial charge >= 0.3 is 6.09 Å². The molecule has 0 spiro atoms. The Morgan fingerprint density at radius 2 is 2.00 bits per heavy atom. The zero-order valence-electron chi connectivity index (χ0n) is 12.8. The zero-order valence-corrected chi connectivity index (χ0v) is 12.8. The summed E-state index contributed by atoms with van der Waals surface area (Å²) in [6, 6.07) is 2.89. The second-order valence-electron chi connectivity index (χ2n) is 5.74. The number of alkyl carbamates (subject to hydrolysis) is 1. The molecule has 120 valence electrons. The fourth-order valence-electron chi connectivity index (χ4n) is 1.74. The van der Waals surface area contributed by atoms with E-state index in [2.05, 4.69) is 5.32 Å². The maximum absolute atomic E-state index is 13.6. The largest absolute Gasteiger partial charge is 0.444 e. The minimum atomic E-state index is -0.681. The van der Waals surface area contributed by atoms with Crippen LogP contribution >= 0.6 is 0 Å². The van der Waals surface area contributed by atoms with Gasteiger partial charge in [-0.1, -0.05) is 0 Å². The van der Waals surface area contributed by atoms with Gasteiger partial charge in [0.2, 0.25) is 0 Å². The van der Waals surface area contributed by atoms with Gasteiger partial charge in [-0.2, -0.15) is 0 Å². The molecule has 0 aliphatic carbocycles. The number of carbonyl (C=O) groups is 1. The molecule has 1 aromatic rings. The first-order valence-corrected chi connectivity index (χ1v) is 6.89. The van der Waals surface area contributed by atoms with Crippen LogP contribution in [0.5, 0.6) is 0 Å². The van der Waals surface area contributed by atoms with Gasteiger partial charge in [0.15, 0.2) is 0 Å². The first-order valence-electron chi connectivity index (χ1n) is 6.89. The van der Waals surface area contributed by atoms with Crippen LogP contribution in [-0.4, -0.2) is 24.2 Å². The van der Waals surface area contributed by atoms with Crippen LogP contribution in [0.15, 0.2) is 18.2 Å². The number of allylic oxidation sites excluding steroid dienone is 1. The van der Waals surface area contributed by atoms with Crippen molar-refractivity contribution in [1.29, 1.82) is 0 Å². The summed E-state index contributed by atoms with van der Waals surface area (Å²) >= 11 is 0. The maximum Gasteiger partial charge on any atom is 0.407 e. The van der Waals surface area contributed by atoms with Crippen molar-refractivity contribution in [3.8, 4) is 0 Å². The summed E-state index contributed by atoms with van der Waals surface area (Å²) in [6.45, 7) is 5.47. The molecule has 1 amide bonds. The Balaban J connectivity index is 2.51. The third-order valence-electron chi connectivity index (χ3n) is 2.65. The van der Waals surface area contributed by atoms with E-state index in [-0.39, 0.29) is 24.1 Å². The van der Waals surface area contributed by atoms with Gasteiger partial charge in [0, 0.05) is 17.7 Å². The lowest BCUT2D eigenvalue weighted by Gasteiger charge is -2.19. The first kappa shape index (κ1) is 17.9. The molecule has 0 radical (unpaired) electrons. The van der Waals surface area contributed by atoms with Crippen LogP contribution in [0.3, 0.4) is 0 Å². The summed E-state index contributed by atoms with van der Waals surface area (Å²) in [5.41, 5.74) is -0.668. The monoisotopic (exact) mass is 311 g/mol. The van der Waals surface area contributed by atoms with Crippen molar-refractivity contribution in [3.63, 3.8) is 0 Å². The number of nitrogens with one attached hydrogen (secondary N) is 1. The van der Waals surface area contributed by atoms with Crippen LogP contribution in [-0.2, 0) is 9.53 Å².